The lowest BCUT2D eigenvalue weighted by atomic mass is 9.92. The maximum absolute atomic E-state index is 11.0. The van der Waals surface area contributed by atoms with E-state index in [0.29, 0.717) is 12.8 Å². The lowest BCUT2D eigenvalue weighted by Gasteiger charge is -2.31. The van der Waals surface area contributed by atoms with Crippen LogP contribution < -0.4 is 0 Å². The molecule has 1 aliphatic rings. The summed E-state index contributed by atoms with van der Waals surface area (Å²) in [7, 11) is 0. The van der Waals surface area contributed by atoms with Crippen molar-refractivity contribution >= 4 is 11.9 Å². The van der Waals surface area contributed by atoms with Gasteiger partial charge in [0, 0.05) is 26.7 Å². The average molecular weight is 242 g/mol. The minimum absolute atomic E-state index is 0.127. The maximum atomic E-state index is 11.0. The van der Waals surface area contributed by atoms with Crippen molar-refractivity contribution in [1.82, 2.24) is 0 Å². The average Bonchev–Trinajstić information content (AvgIpc) is 2.24. The van der Waals surface area contributed by atoms with Gasteiger partial charge in [0.1, 0.15) is 0 Å². The molecule has 0 aromatic rings. The van der Waals surface area contributed by atoms with E-state index in [0.717, 1.165) is 19.3 Å². The van der Waals surface area contributed by atoms with Gasteiger partial charge in [-0.3, -0.25) is 9.59 Å². The monoisotopic (exact) mass is 242 g/mol. The van der Waals surface area contributed by atoms with Gasteiger partial charge in [0.25, 0.3) is 0 Å². The zero-order valence-corrected chi connectivity index (χ0v) is 10.3. The van der Waals surface area contributed by atoms with Crippen molar-refractivity contribution in [2.75, 3.05) is 6.73 Å². The van der Waals surface area contributed by atoms with Crippen LogP contribution in [-0.4, -0.2) is 24.4 Å². The molecule has 17 heavy (non-hydrogen) atoms. The normalized spacial score (nSPS) is 18.9. The third-order valence-corrected chi connectivity index (χ3v) is 2.55. The van der Waals surface area contributed by atoms with Gasteiger partial charge < -0.3 is 9.47 Å². The summed E-state index contributed by atoms with van der Waals surface area (Å²) in [6.45, 7) is 2.54. The number of azo groups is 1. The number of hydrogen-bond donors (Lipinski definition) is 0. The minimum atomic E-state index is -0.843. The van der Waals surface area contributed by atoms with E-state index >= 15 is 0 Å². The fourth-order valence-electron chi connectivity index (χ4n) is 1.87. The molecule has 0 radical (unpaired) electrons. The number of carbonyl (C=O) groups excluding carboxylic acids is 2. The molecule has 0 atom stereocenters. The van der Waals surface area contributed by atoms with Crippen LogP contribution in [0.2, 0.25) is 0 Å². The molecule has 0 aromatic heterocycles. The first-order valence-corrected chi connectivity index (χ1v) is 5.76. The fraction of sp³-hybridized carbons (Fsp3) is 0.818. The number of esters is 2. The van der Waals surface area contributed by atoms with Crippen molar-refractivity contribution in [3.63, 3.8) is 0 Å². The van der Waals surface area contributed by atoms with Crippen LogP contribution in [0.5, 0.6) is 0 Å². The predicted octanol–water partition coefficient (Wildman–Crippen LogP) is 2.18. The summed E-state index contributed by atoms with van der Waals surface area (Å²) in [6, 6.07) is 0. The summed E-state index contributed by atoms with van der Waals surface area (Å²) in [5.41, 5.74) is -0.843. The van der Waals surface area contributed by atoms with E-state index in [2.05, 4.69) is 15.0 Å². The smallest absolute Gasteiger partial charge is 0.304 e. The third kappa shape index (κ3) is 4.93. The van der Waals surface area contributed by atoms with E-state index in [9.17, 15) is 9.59 Å². The van der Waals surface area contributed by atoms with Crippen LogP contribution in [0.3, 0.4) is 0 Å². The number of rotatable bonds is 4. The molecule has 1 aliphatic carbocycles. The molecule has 1 fully saturated rings. The van der Waals surface area contributed by atoms with Crippen molar-refractivity contribution in [3.8, 4) is 0 Å². The summed E-state index contributed by atoms with van der Waals surface area (Å²) < 4.78 is 9.89. The first-order chi connectivity index (χ1) is 8.04. The second kappa shape index (κ2) is 6.32. The molecule has 0 N–H and O–H groups in total. The zero-order valence-electron chi connectivity index (χ0n) is 10.3. The van der Waals surface area contributed by atoms with Crippen LogP contribution in [0.25, 0.3) is 0 Å². The molecule has 0 spiro atoms. The quantitative estimate of drug-likeness (QED) is 0.559. The SMILES string of the molecule is CC(=O)OC/N=N/C1(OC(C)=O)CCCCC1. The molecule has 6 nitrogen and oxygen atoms in total. The van der Waals surface area contributed by atoms with Gasteiger partial charge in [-0.05, 0) is 12.8 Å². The second-order valence-corrected chi connectivity index (χ2v) is 4.11. The lowest BCUT2D eigenvalue weighted by Crippen LogP contribution is -2.34. The highest BCUT2D eigenvalue weighted by atomic mass is 16.6. The van der Waals surface area contributed by atoms with Crippen LogP contribution >= 0.6 is 0 Å². The summed E-state index contributed by atoms with van der Waals surface area (Å²) in [4.78, 5) is 21.6. The molecule has 0 saturated heterocycles. The standard InChI is InChI=1S/C11H18N2O4/c1-9(14)16-8-12-13-11(17-10(2)15)6-4-3-5-7-11/h3-8H2,1-2H3/b13-12+. The molecular formula is C11H18N2O4. The Kier molecular flexibility index (Phi) is 5.06. The highest BCUT2D eigenvalue weighted by Gasteiger charge is 2.35. The second-order valence-electron chi connectivity index (χ2n) is 4.11. The zero-order chi connectivity index (χ0) is 12.7. The number of carbonyl (C=O) groups is 2. The molecule has 96 valence electrons. The highest BCUT2D eigenvalue weighted by molar-refractivity contribution is 5.66. The van der Waals surface area contributed by atoms with Gasteiger partial charge in [0.2, 0.25) is 12.5 Å². The van der Waals surface area contributed by atoms with Crippen LogP contribution in [0.15, 0.2) is 10.2 Å². The fourth-order valence-corrected chi connectivity index (χ4v) is 1.87. The first-order valence-electron chi connectivity index (χ1n) is 5.76. The van der Waals surface area contributed by atoms with Gasteiger partial charge in [-0.25, -0.2) is 0 Å². The Bertz CT molecular complexity index is 309. The molecule has 0 bridgehead atoms. The maximum Gasteiger partial charge on any atom is 0.304 e. The van der Waals surface area contributed by atoms with E-state index in [1.165, 1.54) is 13.8 Å². The molecule has 0 amide bonds. The molecule has 0 unspecified atom stereocenters. The Hall–Kier alpha value is -1.46. The van der Waals surface area contributed by atoms with Gasteiger partial charge >= 0.3 is 11.9 Å². The highest BCUT2D eigenvalue weighted by Crippen LogP contribution is 2.33. The lowest BCUT2D eigenvalue weighted by molar-refractivity contribution is -0.161. The molecule has 0 aliphatic heterocycles. The van der Waals surface area contributed by atoms with Gasteiger partial charge in [-0.2, -0.15) is 0 Å². The summed E-state index contributed by atoms with van der Waals surface area (Å²) >= 11 is 0. The molecule has 1 rings (SSSR count). The largest absolute Gasteiger partial charge is 0.441 e. The Morgan fingerprint density at radius 3 is 2.29 bits per heavy atom. The van der Waals surface area contributed by atoms with Crippen LogP contribution in [0.1, 0.15) is 46.0 Å². The van der Waals surface area contributed by atoms with Gasteiger partial charge in [-0.1, -0.05) is 6.42 Å². The molecule has 1 saturated carbocycles. The van der Waals surface area contributed by atoms with Gasteiger partial charge in [0.05, 0.1) is 0 Å². The number of nitrogens with zero attached hydrogens (tertiary/aromatic N) is 2. The summed E-state index contributed by atoms with van der Waals surface area (Å²) in [5.74, 6) is -0.771. The van der Waals surface area contributed by atoms with E-state index < -0.39 is 11.7 Å². The summed E-state index contributed by atoms with van der Waals surface area (Å²) in [6.07, 6.45) is 4.38. The Labute approximate surface area is 100 Å². The molecule has 0 aromatic carbocycles. The minimum Gasteiger partial charge on any atom is -0.441 e. The number of ether oxygens (including phenoxy) is 2. The van der Waals surface area contributed by atoms with Crippen LogP contribution in [-0.2, 0) is 19.1 Å². The third-order valence-electron chi connectivity index (χ3n) is 2.55. The van der Waals surface area contributed by atoms with Gasteiger partial charge in [-0.15, -0.1) is 10.2 Å². The van der Waals surface area contributed by atoms with Crippen LogP contribution in [0.4, 0.5) is 0 Å². The predicted molar refractivity (Wildman–Crippen MR) is 59.1 cm³/mol. The van der Waals surface area contributed by atoms with E-state index in [1.807, 2.05) is 0 Å². The van der Waals surface area contributed by atoms with Crippen LogP contribution in [0, 0.1) is 0 Å². The molecule has 0 heterocycles. The topological polar surface area (TPSA) is 77.3 Å². The van der Waals surface area contributed by atoms with Crippen molar-refractivity contribution in [2.24, 2.45) is 10.2 Å². The molecule has 6 heteroatoms. The van der Waals surface area contributed by atoms with Crippen molar-refractivity contribution in [2.45, 2.75) is 51.7 Å². The van der Waals surface area contributed by atoms with E-state index in [4.69, 9.17) is 4.74 Å². The number of hydrogen-bond acceptors (Lipinski definition) is 6. The van der Waals surface area contributed by atoms with E-state index in [-0.39, 0.29) is 12.7 Å². The first kappa shape index (κ1) is 13.6. The van der Waals surface area contributed by atoms with E-state index in [1.54, 1.807) is 0 Å². The van der Waals surface area contributed by atoms with Crippen molar-refractivity contribution in [3.05, 3.63) is 0 Å². The van der Waals surface area contributed by atoms with Crippen molar-refractivity contribution < 1.29 is 19.1 Å². The Morgan fingerprint density at radius 2 is 1.76 bits per heavy atom. The van der Waals surface area contributed by atoms with Gasteiger partial charge in [0.15, 0.2) is 0 Å². The Balaban J connectivity index is 2.56. The summed E-state index contributed by atoms with van der Waals surface area (Å²) in [5, 5.41) is 7.80. The van der Waals surface area contributed by atoms with Crippen molar-refractivity contribution in [1.29, 1.82) is 0 Å². The molecular weight excluding hydrogens is 224 g/mol. The Morgan fingerprint density at radius 1 is 1.12 bits per heavy atom.